The van der Waals surface area contributed by atoms with Crippen LogP contribution < -0.4 is 10.6 Å². The molecule has 0 fully saturated rings. The molecule has 8 heteroatoms. The number of nitrogens with one attached hydrogen (secondary N) is 2. The summed E-state index contributed by atoms with van der Waals surface area (Å²) in [4.78, 5) is 34.9. The van der Waals surface area contributed by atoms with E-state index in [9.17, 15) is 9.59 Å². The second-order valence-corrected chi connectivity index (χ2v) is 8.24. The lowest BCUT2D eigenvalue weighted by molar-refractivity contribution is -0.119. The molecule has 3 rings (SSSR count). The van der Waals surface area contributed by atoms with Gasteiger partial charge in [0.2, 0.25) is 5.91 Å². The Morgan fingerprint density at radius 2 is 1.96 bits per heavy atom. The van der Waals surface area contributed by atoms with Gasteiger partial charge in [0.05, 0.1) is 5.25 Å². The largest absolute Gasteiger partial charge is 0.338 e. The summed E-state index contributed by atoms with van der Waals surface area (Å²) in [6.07, 6.45) is 0. The molecule has 0 radical (unpaired) electrons. The van der Waals surface area contributed by atoms with Crippen LogP contribution in [-0.2, 0) is 4.79 Å². The Bertz CT molecular complexity index is 973. The Balaban J connectivity index is 1.86. The number of aryl methyl sites for hydroxylation is 1. The van der Waals surface area contributed by atoms with E-state index in [1.54, 1.807) is 25.2 Å². The first-order valence-corrected chi connectivity index (χ1v) is 10.3. The maximum Gasteiger partial charge on any atom is 0.321 e. The monoisotopic (exact) mass is 400 g/mol. The van der Waals surface area contributed by atoms with Crippen LogP contribution in [0.1, 0.15) is 19.7 Å². The molecule has 0 saturated carbocycles. The zero-order valence-electron chi connectivity index (χ0n) is 15.3. The average molecular weight is 401 g/mol. The third-order valence-corrected chi connectivity index (χ3v) is 5.94. The molecule has 2 aromatic heterocycles. The number of fused-ring (bicyclic) bond motifs is 1. The maximum absolute atomic E-state index is 12.2. The number of benzene rings is 1. The average Bonchev–Trinajstić information content (AvgIpc) is 3.06. The first kappa shape index (κ1) is 19.3. The lowest BCUT2D eigenvalue weighted by atomic mass is 10.2. The summed E-state index contributed by atoms with van der Waals surface area (Å²) in [5.74, 6) is 0.302. The van der Waals surface area contributed by atoms with Gasteiger partial charge in [-0.25, -0.2) is 14.8 Å². The predicted molar refractivity (Wildman–Crippen MR) is 110 cm³/mol. The highest BCUT2D eigenvalue weighted by molar-refractivity contribution is 8.00. The van der Waals surface area contributed by atoms with E-state index in [0.717, 1.165) is 25.7 Å². The molecule has 2 heterocycles. The fourth-order valence-corrected chi connectivity index (χ4v) is 4.59. The van der Waals surface area contributed by atoms with Crippen LogP contribution in [0.25, 0.3) is 20.7 Å². The van der Waals surface area contributed by atoms with Crippen molar-refractivity contribution in [2.45, 2.75) is 31.0 Å². The van der Waals surface area contributed by atoms with Crippen LogP contribution in [0.15, 0.2) is 41.4 Å². The van der Waals surface area contributed by atoms with Crippen LogP contribution in [0.5, 0.6) is 0 Å². The highest BCUT2D eigenvalue weighted by atomic mass is 32.2. The highest BCUT2D eigenvalue weighted by Gasteiger charge is 2.20. The van der Waals surface area contributed by atoms with Crippen LogP contribution in [0.3, 0.4) is 0 Å². The van der Waals surface area contributed by atoms with E-state index in [1.165, 1.54) is 11.8 Å². The van der Waals surface area contributed by atoms with Crippen LogP contribution in [-0.4, -0.2) is 33.7 Å². The zero-order chi connectivity index (χ0) is 19.4. The molecule has 0 bridgehead atoms. The van der Waals surface area contributed by atoms with Gasteiger partial charge in [-0.3, -0.25) is 10.1 Å². The number of thiophene rings is 1. The number of urea groups is 1. The molecule has 3 amide bonds. The number of hydrogen-bond acceptors (Lipinski definition) is 6. The fourth-order valence-electron chi connectivity index (χ4n) is 2.47. The Labute approximate surface area is 165 Å². The Morgan fingerprint density at radius 1 is 1.22 bits per heavy atom. The number of nitrogens with zero attached hydrogens (tertiary/aromatic N) is 2. The van der Waals surface area contributed by atoms with E-state index in [-0.39, 0.29) is 5.91 Å². The molecule has 1 atom stereocenters. The van der Waals surface area contributed by atoms with E-state index in [4.69, 9.17) is 0 Å². The third kappa shape index (κ3) is 4.64. The standard InChI is InChI=1S/C19H20N4O2S2/c1-4-20-19(25)23-16(24)11(2)26-17-14-10-15(13-8-6-5-7-9-13)27-18(14)22-12(3)21-17/h5-11H,4H2,1-3H3,(H2,20,23,24,25)/t11-/m1/s1. The van der Waals surface area contributed by atoms with Crippen molar-refractivity contribution in [2.75, 3.05) is 6.54 Å². The van der Waals surface area contributed by atoms with E-state index in [2.05, 4.69) is 38.8 Å². The molecule has 6 nitrogen and oxygen atoms in total. The van der Waals surface area contributed by atoms with Crippen LogP contribution in [0.2, 0.25) is 0 Å². The number of carbonyl (C=O) groups is 2. The van der Waals surface area contributed by atoms with Crippen molar-refractivity contribution in [3.05, 3.63) is 42.2 Å². The first-order valence-electron chi connectivity index (χ1n) is 8.57. The van der Waals surface area contributed by atoms with Gasteiger partial charge in [-0.15, -0.1) is 11.3 Å². The summed E-state index contributed by atoms with van der Waals surface area (Å²) in [7, 11) is 0. The number of carbonyl (C=O) groups excluding carboxylic acids is 2. The zero-order valence-corrected chi connectivity index (χ0v) is 16.9. The summed E-state index contributed by atoms with van der Waals surface area (Å²) in [5.41, 5.74) is 1.12. The van der Waals surface area contributed by atoms with Gasteiger partial charge in [-0.2, -0.15) is 0 Å². The van der Waals surface area contributed by atoms with Gasteiger partial charge in [0.25, 0.3) is 0 Å². The number of amides is 3. The fraction of sp³-hybridized carbons (Fsp3) is 0.263. The number of imide groups is 1. The van der Waals surface area contributed by atoms with Gasteiger partial charge in [-0.1, -0.05) is 42.1 Å². The molecule has 0 spiro atoms. The molecule has 1 aromatic carbocycles. The maximum atomic E-state index is 12.2. The van der Waals surface area contributed by atoms with Gasteiger partial charge >= 0.3 is 6.03 Å². The molecule has 0 aliphatic rings. The summed E-state index contributed by atoms with van der Waals surface area (Å²) in [6, 6.07) is 11.7. The van der Waals surface area contributed by atoms with Crippen molar-refractivity contribution in [3.8, 4) is 10.4 Å². The molecular formula is C19H20N4O2S2. The minimum Gasteiger partial charge on any atom is -0.338 e. The van der Waals surface area contributed by atoms with Crippen LogP contribution >= 0.6 is 23.1 Å². The van der Waals surface area contributed by atoms with Gasteiger partial charge in [0, 0.05) is 16.8 Å². The van der Waals surface area contributed by atoms with Gasteiger partial charge in [0.15, 0.2) is 0 Å². The topological polar surface area (TPSA) is 84.0 Å². The lowest BCUT2D eigenvalue weighted by Crippen LogP contribution is -2.42. The number of aromatic nitrogens is 2. The first-order chi connectivity index (χ1) is 13.0. The summed E-state index contributed by atoms with van der Waals surface area (Å²) in [6.45, 7) is 5.85. The van der Waals surface area contributed by atoms with E-state index < -0.39 is 11.3 Å². The molecule has 2 N–H and O–H groups in total. The van der Waals surface area contributed by atoms with Crippen molar-refractivity contribution < 1.29 is 9.59 Å². The van der Waals surface area contributed by atoms with Crippen molar-refractivity contribution in [1.29, 1.82) is 0 Å². The Kier molecular flexibility index (Phi) is 6.08. The predicted octanol–water partition coefficient (Wildman–Crippen LogP) is 3.99. The second-order valence-electron chi connectivity index (χ2n) is 5.88. The van der Waals surface area contributed by atoms with Crippen molar-refractivity contribution >= 4 is 45.3 Å². The van der Waals surface area contributed by atoms with Crippen LogP contribution in [0.4, 0.5) is 4.79 Å². The van der Waals surface area contributed by atoms with Crippen molar-refractivity contribution in [1.82, 2.24) is 20.6 Å². The minimum absolute atomic E-state index is 0.353. The highest BCUT2D eigenvalue weighted by Crippen LogP contribution is 2.37. The molecular weight excluding hydrogens is 380 g/mol. The minimum atomic E-state index is -0.485. The molecule has 0 aliphatic heterocycles. The molecule has 0 aliphatic carbocycles. The van der Waals surface area contributed by atoms with Gasteiger partial charge < -0.3 is 5.32 Å². The second kappa shape index (κ2) is 8.49. The van der Waals surface area contributed by atoms with Crippen molar-refractivity contribution in [2.24, 2.45) is 0 Å². The third-order valence-electron chi connectivity index (χ3n) is 3.76. The Morgan fingerprint density at radius 3 is 2.67 bits per heavy atom. The van der Waals surface area contributed by atoms with E-state index in [0.29, 0.717) is 12.4 Å². The smallest absolute Gasteiger partial charge is 0.321 e. The lowest BCUT2D eigenvalue weighted by Gasteiger charge is -2.11. The van der Waals surface area contributed by atoms with Crippen molar-refractivity contribution in [3.63, 3.8) is 0 Å². The molecule has 140 valence electrons. The molecule has 3 aromatic rings. The number of rotatable bonds is 5. The van der Waals surface area contributed by atoms with Gasteiger partial charge in [0.1, 0.15) is 15.7 Å². The summed E-state index contributed by atoms with van der Waals surface area (Å²) in [5, 5.41) is 6.10. The van der Waals surface area contributed by atoms with Gasteiger partial charge in [-0.05, 0) is 32.4 Å². The number of thioether (sulfide) groups is 1. The van der Waals surface area contributed by atoms with E-state index in [1.807, 2.05) is 25.1 Å². The summed E-state index contributed by atoms with van der Waals surface area (Å²) < 4.78 is 0. The molecule has 27 heavy (non-hydrogen) atoms. The SMILES string of the molecule is CCNC(=O)NC(=O)[C@@H](C)Sc1nc(C)nc2sc(-c3ccccc3)cc12. The number of hydrogen-bond donors (Lipinski definition) is 2. The van der Waals surface area contributed by atoms with Crippen LogP contribution in [0, 0.1) is 6.92 Å². The van der Waals surface area contributed by atoms with E-state index >= 15 is 0 Å². The normalized spacial score (nSPS) is 12.0. The Hall–Kier alpha value is -2.45. The quantitative estimate of drug-likeness (QED) is 0.500. The summed E-state index contributed by atoms with van der Waals surface area (Å²) >= 11 is 2.93. The molecule has 0 unspecified atom stereocenters. The molecule has 0 saturated heterocycles.